The minimum absolute atomic E-state index is 0.0276. The molecule has 1 aromatic rings. The van der Waals surface area contributed by atoms with Crippen LogP contribution in [0.1, 0.15) is 31.1 Å². The molecule has 0 bridgehead atoms. The van der Waals surface area contributed by atoms with Gasteiger partial charge in [0.1, 0.15) is 5.69 Å². The zero-order valence-corrected chi connectivity index (χ0v) is 11.6. The summed E-state index contributed by atoms with van der Waals surface area (Å²) in [4.78, 5) is 22.1. The van der Waals surface area contributed by atoms with Crippen LogP contribution in [0.25, 0.3) is 0 Å². The van der Waals surface area contributed by atoms with Gasteiger partial charge in [-0.1, -0.05) is 13.8 Å². The number of anilines is 1. The molecule has 1 atom stereocenters. The first-order chi connectivity index (χ1) is 8.86. The number of carbonyl (C=O) groups excluding carboxylic acids is 1. The third-order valence-electron chi connectivity index (χ3n) is 3.07. The average Bonchev–Trinajstić information content (AvgIpc) is 2.37. The molecule has 19 heavy (non-hydrogen) atoms. The summed E-state index contributed by atoms with van der Waals surface area (Å²) in [5.74, 6) is 0.0541. The zero-order valence-electron chi connectivity index (χ0n) is 11.6. The van der Waals surface area contributed by atoms with E-state index in [1.165, 1.54) is 25.2 Å². The predicted octanol–water partition coefficient (Wildman–Crippen LogP) is 2.41. The van der Waals surface area contributed by atoms with Crippen molar-refractivity contribution in [3.05, 3.63) is 33.9 Å². The van der Waals surface area contributed by atoms with Gasteiger partial charge in [0.2, 0.25) is 0 Å². The van der Waals surface area contributed by atoms with Crippen molar-refractivity contribution in [2.24, 2.45) is 5.92 Å². The molecule has 1 aromatic carbocycles. The van der Waals surface area contributed by atoms with Crippen LogP contribution in [0.5, 0.6) is 0 Å². The van der Waals surface area contributed by atoms with Crippen molar-refractivity contribution in [2.75, 3.05) is 12.4 Å². The van der Waals surface area contributed by atoms with Gasteiger partial charge in [-0.3, -0.25) is 14.9 Å². The Kier molecular flexibility index (Phi) is 4.86. The molecule has 0 heterocycles. The summed E-state index contributed by atoms with van der Waals surface area (Å²) in [6, 6.07) is 4.37. The molecule has 6 nitrogen and oxygen atoms in total. The van der Waals surface area contributed by atoms with E-state index in [-0.39, 0.29) is 17.6 Å². The quantitative estimate of drug-likeness (QED) is 0.632. The molecule has 2 N–H and O–H groups in total. The maximum Gasteiger partial charge on any atom is 0.292 e. The van der Waals surface area contributed by atoms with E-state index in [0.29, 0.717) is 17.2 Å². The minimum atomic E-state index is -0.455. The third-order valence-corrected chi connectivity index (χ3v) is 3.07. The summed E-state index contributed by atoms with van der Waals surface area (Å²) < 4.78 is 0. The molecular formula is C13H19N3O3. The van der Waals surface area contributed by atoms with Crippen LogP contribution < -0.4 is 10.6 Å². The van der Waals surface area contributed by atoms with Crippen molar-refractivity contribution in [2.45, 2.75) is 26.8 Å². The summed E-state index contributed by atoms with van der Waals surface area (Å²) >= 11 is 0. The number of carbonyl (C=O) groups is 1. The lowest BCUT2D eigenvalue weighted by Gasteiger charge is -2.19. The molecule has 0 saturated heterocycles. The molecule has 1 rings (SSSR count). The van der Waals surface area contributed by atoms with Gasteiger partial charge in [-0.15, -0.1) is 0 Å². The third kappa shape index (κ3) is 3.67. The van der Waals surface area contributed by atoms with E-state index < -0.39 is 4.92 Å². The highest BCUT2D eigenvalue weighted by Gasteiger charge is 2.18. The maximum absolute atomic E-state index is 11.6. The SMILES string of the molecule is CNC(=O)c1ccc([N+](=O)[O-])c(NC(C)C(C)C)c1. The fraction of sp³-hybridized carbons (Fsp3) is 0.462. The fourth-order valence-electron chi connectivity index (χ4n) is 1.51. The number of amides is 1. The van der Waals surface area contributed by atoms with Gasteiger partial charge in [-0.2, -0.15) is 0 Å². The molecule has 0 spiro atoms. The molecular weight excluding hydrogens is 246 g/mol. The number of rotatable bonds is 5. The molecule has 104 valence electrons. The van der Waals surface area contributed by atoms with Crippen LogP contribution in [0.2, 0.25) is 0 Å². The molecule has 0 aliphatic carbocycles. The smallest absolute Gasteiger partial charge is 0.292 e. The van der Waals surface area contributed by atoms with E-state index >= 15 is 0 Å². The van der Waals surface area contributed by atoms with Crippen LogP contribution in [0, 0.1) is 16.0 Å². The van der Waals surface area contributed by atoms with E-state index in [9.17, 15) is 14.9 Å². The summed E-state index contributed by atoms with van der Waals surface area (Å²) in [6.07, 6.45) is 0. The molecule has 0 radical (unpaired) electrons. The molecule has 1 amide bonds. The van der Waals surface area contributed by atoms with Crippen LogP contribution in [0.15, 0.2) is 18.2 Å². The highest BCUT2D eigenvalue weighted by Crippen LogP contribution is 2.27. The topological polar surface area (TPSA) is 84.3 Å². The summed E-state index contributed by atoms with van der Waals surface area (Å²) in [5, 5.41) is 16.6. The van der Waals surface area contributed by atoms with Crippen molar-refractivity contribution in [3.8, 4) is 0 Å². The number of nitro benzene ring substituents is 1. The molecule has 0 saturated carbocycles. The summed E-state index contributed by atoms with van der Waals surface area (Å²) in [5.41, 5.74) is 0.735. The Morgan fingerprint density at radius 1 is 1.32 bits per heavy atom. The monoisotopic (exact) mass is 265 g/mol. The Labute approximate surface area is 112 Å². The van der Waals surface area contributed by atoms with Gasteiger partial charge in [0.05, 0.1) is 4.92 Å². The number of benzene rings is 1. The second kappa shape index (κ2) is 6.17. The number of hydrogen-bond donors (Lipinski definition) is 2. The van der Waals surface area contributed by atoms with Crippen molar-refractivity contribution in [1.29, 1.82) is 0 Å². The van der Waals surface area contributed by atoms with Crippen LogP contribution in [0.3, 0.4) is 0 Å². The Morgan fingerprint density at radius 3 is 2.42 bits per heavy atom. The van der Waals surface area contributed by atoms with Crippen molar-refractivity contribution < 1.29 is 9.72 Å². The van der Waals surface area contributed by atoms with Crippen molar-refractivity contribution in [3.63, 3.8) is 0 Å². The molecule has 0 aromatic heterocycles. The minimum Gasteiger partial charge on any atom is -0.377 e. The van der Waals surface area contributed by atoms with Crippen LogP contribution in [-0.4, -0.2) is 23.9 Å². The number of nitrogens with zero attached hydrogens (tertiary/aromatic N) is 1. The number of nitrogens with one attached hydrogen (secondary N) is 2. The van der Waals surface area contributed by atoms with Gasteiger partial charge in [0, 0.05) is 24.7 Å². The maximum atomic E-state index is 11.6. The Balaban J connectivity index is 3.15. The molecule has 0 aliphatic heterocycles. The predicted molar refractivity (Wildman–Crippen MR) is 74.4 cm³/mol. The lowest BCUT2D eigenvalue weighted by atomic mass is 10.1. The second-order valence-corrected chi connectivity index (χ2v) is 4.75. The number of nitro groups is 1. The highest BCUT2D eigenvalue weighted by molar-refractivity contribution is 5.95. The molecule has 6 heteroatoms. The Bertz CT molecular complexity index is 486. The lowest BCUT2D eigenvalue weighted by Crippen LogP contribution is -2.23. The number of hydrogen-bond acceptors (Lipinski definition) is 4. The van der Waals surface area contributed by atoms with Crippen molar-refractivity contribution >= 4 is 17.3 Å². The second-order valence-electron chi connectivity index (χ2n) is 4.75. The normalized spacial score (nSPS) is 12.1. The summed E-state index contributed by atoms with van der Waals surface area (Å²) in [6.45, 7) is 5.99. The Morgan fingerprint density at radius 2 is 1.95 bits per heavy atom. The van der Waals surface area contributed by atoms with Crippen molar-refractivity contribution in [1.82, 2.24) is 5.32 Å². The standard InChI is InChI=1S/C13H19N3O3/c1-8(2)9(3)15-11-7-10(13(17)14-4)5-6-12(11)16(18)19/h5-9,15H,1-4H3,(H,14,17). The van der Waals surface area contributed by atoms with Gasteiger partial charge >= 0.3 is 0 Å². The van der Waals surface area contributed by atoms with Gasteiger partial charge in [0.15, 0.2) is 0 Å². The van der Waals surface area contributed by atoms with Crippen LogP contribution in [-0.2, 0) is 0 Å². The van der Waals surface area contributed by atoms with E-state index in [2.05, 4.69) is 10.6 Å². The first-order valence-electron chi connectivity index (χ1n) is 6.13. The largest absolute Gasteiger partial charge is 0.377 e. The highest BCUT2D eigenvalue weighted by atomic mass is 16.6. The molecule has 0 aliphatic rings. The van der Waals surface area contributed by atoms with E-state index in [4.69, 9.17) is 0 Å². The van der Waals surface area contributed by atoms with Crippen LogP contribution >= 0.6 is 0 Å². The van der Waals surface area contributed by atoms with E-state index in [1.807, 2.05) is 20.8 Å². The summed E-state index contributed by atoms with van der Waals surface area (Å²) in [7, 11) is 1.52. The molecule has 1 unspecified atom stereocenters. The van der Waals surface area contributed by atoms with Gasteiger partial charge in [0.25, 0.3) is 11.6 Å². The average molecular weight is 265 g/mol. The van der Waals surface area contributed by atoms with E-state index in [1.54, 1.807) is 0 Å². The Hall–Kier alpha value is -2.11. The van der Waals surface area contributed by atoms with E-state index in [0.717, 1.165) is 0 Å². The first-order valence-corrected chi connectivity index (χ1v) is 6.13. The lowest BCUT2D eigenvalue weighted by molar-refractivity contribution is -0.384. The first kappa shape index (κ1) is 14.9. The van der Waals surface area contributed by atoms with Crippen LogP contribution in [0.4, 0.5) is 11.4 Å². The van der Waals surface area contributed by atoms with Gasteiger partial charge < -0.3 is 10.6 Å². The molecule has 0 fully saturated rings. The van der Waals surface area contributed by atoms with Gasteiger partial charge in [-0.05, 0) is 25.0 Å². The fourth-order valence-corrected chi connectivity index (χ4v) is 1.51. The zero-order chi connectivity index (χ0) is 14.6. The van der Waals surface area contributed by atoms with Gasteiger partial charge in [-0.25, -0.2) is 0 Å².